The highest BCUT2D eigenvalue weighted by Gasteiger charge is 2.34. The molecule has 0 aromatic rings. The van der Waals surface area contributed by atoms with Gasteiger partial charge in [-0.25, -0.2) is 4.57 Å². The molecular formula is C6H14BO6P. The molecule has 1 fully saturated rings. The van der Waals surface area contributed by atoms with E-state index in [0.717, 1.165) is 0 Å². The average Bonchev–Trinajstić information content (AvgIpc) is 2.41. The molecule has 0 radical (unpaired) electrons. The first-order valence-corrected chi connectivity index (χ1v) is 5.83. The Kier molecular flexibility index (Phi) is 4.12. The first-order valence-electron chi connectivity index (χ1n) is 4.30. The number of hydrogen-bond donors (Lipinski definition) is 2. The molecule has 0 aliphatic carbocycles. The predicted molar refractivity (Wildman–Crippen MR) is 50.6 cm³/mol. The Balaban J connectivity index is 2.40. The van der Waals surface area contributed by atoms with Crippen molar-refractivity contribution in [1.29, 1.82) is 0 Å². The van der Waals surface area contributed by atoms with Gasteiger partial charge in [0.1, 0.15) is 14.0 Å². The molecule has 6 nitrogen and oxygen atoms in total. The van der Waals surface area contributed by atoms with Crippen LogP contribution in [0, 0.1) is 0 Å². The molecule has 0 spiro atoms. The summed E-state index contributed by atoms with van der Waals surface area (Å²) in [4.78, 5) is 17.0. The van der Waals surface area contributed by atoms with E-state index in [2.05, 4.69) is 4.52 Å². The van der Waals surface area contributed by atoms with Crippen molar-refractivity contribution in [1.82, 2.24) is 0 Å². The van der Waals surface area contributed by atoms with Gasteiger partial charge in [-0.05, 0) is 6.42 Å². The molecule has 1 heterocycles. The Morgan fingerprint density at radius 2 is 2.29 bits per heavy atom. The summed E-state index contributed by atoms with van der Waals surface area (Å²) >= 11 is 0. The van der Waals surface area contributed by atoms with Gasteiger partial charge >= 0.3 is 7.82 Å². The fraction of sp³-hybridized carbons (Fsp3) is 1.00. The lowest BCUT2D eigenvalue weighted by atomic mass is 9.96. The van der Waals surface area contributed by atoms with Crippen LogP contribution in [0.3, 0.4) is 0 Å². The fourth-order valence-corrected chi connectivity index (χ4v) is 1.83. The minimum Gasteiger partial charge on any atom is -0.379 e. The highest BCUT2D eigenvalue weighted by atomic mass is 31.2. The minimum atomic E-state index is -4.41. The Bertz CT molecular complexity index is 230. The second-order valence-corrected chi connectivity index (χ2v) is 4.52. The molecule has 2 N–H and O–H groups in total. The summed E-state index contributed by atoms with van der Waals surface area (Å²) in [6.45, 7) is -0.146. The Labute approximate surface area is 83.2 Å². The molecular weight excluding hydrogens is 210 g/mol. The fourth-order valence-electron chi connectivity index (χ4n) is 1.49. The van der Waals surface area contributed by atoms with Crippen LogP contribution < -0.4 is 0 Å². The van der Waals surface area contributed by atoms with Crippen molar-refractivity contribution in [2.75, 3.05) is 13.7 Å². The van der Waals surface area contributed by atoms with Gasteiger partial charge in [-0.2, -0.15) is 0 Å². The number of methoxy groups -OCH3 is 1. The van der Waals surface area contributed by atoms with E-state index in [9.17, 15) is 4.57 Å². The number of phosphoric ester groups is 1. The molecule has 3 unspecified atom stereocenters. The SMILES string of the molecule is BC1CC(OC)C(COP(=O)(O)O)O1. The van der Waals surface area contributed by atoms with Crippen molar-refractivity contribution in [3.05, 3.63) is 0 Å². The molecule has 3 atom stereocenters. The van der Waals surface area contributed by atoms with Crippen LogP contribution in [-0.2, 0) is 18.6 Å². The molecule has 14 heavy (non-hydrogen) atoms. The smallest absolute Gasteiger partial charge is 0.379 e. The molecule has 0 saturated carbocycles. The Morgan fingerprint density at radius 3 is 2.79 bits per heavy atom. The Morgan fingerprint density at radius 1 is 1.64 bits per heavy atom. The molecule has 1 rings (SSSR count). The molecule has 0 bridgehead atoms. The van der Waals surface area contributed by atoms with Gasteiger partial charge in [-0.3, -0.25) is 4.52 Å². The lowest BCUT2D eigenvalue weighted by Gasteiger charge is -2.17. The normalized spacial score (nSPS) is 33.5. The van der Waals surface area contributed by atoms with Crippen LogP contribution in [0.4, 0.5) is 0 Å². The maximum Gasteiger partial charge on any atom is 0.469 e. The summed E-state index contributed by atoms with van der Waals surface area (Å²) in [6, 6.07) is 0.0327. The molecule has 8 heteroatoms. The lowest BCUT2D eigenvalue weighted by Crippen LogP contribution is -2.27. The summed E-state index contributed by atoms with van der Waals surface area (Å²) in [6.07, 6.45) is 0.158. The molecule has 0 aromatic carbocycles. The minimum absolute atomic E-state index is 0.0327. The van der Waals surface area contributed by atoms with Crippen molar-refractivity contribution in [3.63, 3.8) is 0 Å². The van der Waals surface area contributed by atoms with Gasteiger partial charge in [0.15, 0.2) is 0 Å². The van der Waals surface area contributed by atoms with E-state index in [-0.39, 0.29) is 18.7 Å². The third kappa shape index (κ3) is 3.69. The third-order valence-electron chi connectivity index (χ3n) is 2.10. The summed E-state index contributed by atoms with van der Waals surface area (Å²) in [5.41, 5.74) is 0. The Hall–Kier alpha value is 0.0949. The zero-order chi connectivity index (χ0) is 10.8. The summed E-state index contributed by atoms with van der Waals surface area (Å²) in [7, 11) is -0.994. The highest BCUT2D eigenvalue weighted by molar-refractivity contribution is 7.46. The van der Waals surface area contributed by atoms with E-state index < -0.39 is 13.9 Å². The van der Waals surface area contributed by atoms with Gasteiger partial charge in [0.25, 0.3) is 0 Å². The van der Waals surface area contributed by atoms with Crippen molar-refractivity contribution in [3.8, 4) is 0 Å². The van der Waals surface area contributed by atoms with E-state index in [1.165, 1.54) is 7.11 Å². The van der Waals surface area contributed by atoms with E-state index >= 15 is 0 Å². The quantitative estimate of drug-likeness (QED) is 0.463. The number of phosphoric acid groups is 1. The van der Waals surface area contributed by atoms with Gasteiger partial charge in [0, 0.05) is 13.1 Å². The molecule has 82 valence electrons. The molecule has 1 saturated heterocycles. The lowest BCUT2D eigenvalue weighted by molar-refractivity contribution is -0.0201. The topological polar surface area (TPSA) is 85.2 Å². The van der Waals surface area contributed by atoms with Crippen LogP contribution >= 0.6 is 7.82 Å². The van der Waals surface area contributed by atoms with E-state index in [1.54, 1.807) is 0 Å². The van der Waals surface area contributed by atoms with Crippen LogP contribution in [-0.4, -0.2) is 49.6 Å². The second-order valence-electron chi connectivity index (χ2n) is 3.28. The molecule has 1 aliphatic rings. The standard InChI is InChI=1S/C6H14BO6P/c1-11-4-2-6(7)13-5(4)3-12-14(8,9)10/h4-6H,2-3,7H2,1H3,(H2,8,9,10). The predicted octanol–water partition coefficient (Wildman–Crippen LogP) is -1.14. The summed E-state index contributed by atoms with van der Waals surface area (Å²) in [5.74, 6) is 0. The average molecular weight is 224 g/mol. The van der Waals surface area contributed by atoms with Gasteiger partial charge in [0.05, 0.1) is 12.7 Å². The van der Waals surface area contributed by atoms with Crippen LogP contribution in [0.25, 0.3) is 0 Å². The van der Waals surface area contributed by atoms with Crippen molar-refractivity contribution >= 4 is 15.7 Å². The van der Waals surface area contributed by atoms with Crippen LogP contribution in [0.15, 0.2) is 0 Å². The third-order valence-corrected chi connectivity index (χ3v) is 2.58. The van der Waals surface area contributed by atoms with Crippen LogP contribution in [0.2, 0.25) is 0 Å². The van der Waals surface area contributed by atoms with Gasteiger partial charge < -0.3 is 19.3 Å². The first kappa shape index (κ1) is 12.2. The molecule has 0 amide bonds. The second kappa shape index (κ2) is 4.74. The molecule has 1 aliphatic heterocycles. The maximum atomic E-state index is 10.4. The highest BCUT2D eigenvalue weighted by Crippen LogP contribution is 2.37. The monoisotopic (exact) mass is 224 g/mol. The van der Waals surface area contributed by atoms with Crippen LogP contribution in [0.1, 0.15) is 6.42 Å². The summed E-state index contributed by atoms with van der Waals surface area (Å²) in [5, 5.41) is 0. The van der Waals surface area contributed by atoms with E-state index in [1.807, 2.05) is 7.85 Å². The van der Waals surface area contributed by atoms with E-state index in [0.29, 0.717) is 6.42 Å². The van der Waals surface area contributed by atoms with Gasteiger partial charge in [0.2, 0.25) is 0 Å². The van der Waals surface area contributed by atoms with E-state index in [4.69, 9.17) is 19.3 Å². The zero-order valence-electron chi connectivity index (χ0n) is 8.12. The van der Waals surface area contributed by atoms with Crippen molar-refractivity contribution < 1.29 is 28.3 Å². The largest absolute Gasteiger partial charge is 0.469 e. The number of hydrogen-bond acceptors (Lipinski definition) is 4. The summed E-state index contributed by atoms with van der Waals surface area (Å²) < 4.78 is 25.3. The first-order chi connectivity index (χ1) is 6.42. The molecule has 0 aromatic heterocycles. The van der Waals surface area contributed by atoms with Crippen molar-refractivity contribution in [2.45, 2.75) is 24.6 Å². The van der Waals surface area contributed by atoms with Gasteiger partial charge in [-0.15, -0.1) is 0 Å². The zero-order valence-corrected chi connectivity index (χ0v) is 9.02. The number of rotatable bonds is 4. The van der Waals surface area contributed by atoms with Crippen molar-refractivity contribution in [2.24, 2.45) is 0 Å². The van der Waals surface area contributed by atoms with Crippen LogP contribution in [0.5, 0.6) is 0 Å². The number of ether oxygens (including phenoxy) is 2. The maximum absolute atomic E-state index is 10.4. The van der Waals surface area contributed by atoms with Gasteiger partial charge in [-0.1, -0.05) is 0 Å².